The van der Waals surface area contributed by atoms with Gasteiger partial charge in [0.2, 0.25) is 23.3 Å². The van der Waals surface area contributed by atoms with Crippen molar-refractivity contribution in [1.29, 1.82) is 0 Å². The van der Waals surface area contributed by atoms with E-state index in [0.717, 1.165) is 0 Å². The van der Waals surface area contributed by atoms with Gasteiger partial charge in [-0.05, 0) is 34.4 Å². The largest absolute Gasteiger partial charge is 2.00 e. The Kier molecular flexibility index (Phi) is 12.5. The van der Waals surface area contributed by atoms with E-state index in [9.17, 15) is 62.9 Å². The van der Waals surface area contributed by atoms with E-state index in [2.05, 4.69) is 19.9 Å². The number of nitrogens with zero attached hydrogens (tertiary/aromatic N) is 4. The van der Waals surface area contributed by atoms with Gasteiger partial charge in [-0.25, -0.2) is 92.8 Å². The Labute approximate surface area is 391 Å². The van der Waals surface area contributed by atoms with Crippen molar-refractivity contribution in [1.82, 2.24) is 19.9 Å². The van der Waals surface area contributed by atoms with Crippen LogP contribution in [0.25, 0.3) is 78.7 Å². The fraction of sp³-hybridized carbons (Fsp3) is 0.0455. The molecular weight excluding hydrogens is 1060 g/mol. The van der Waals surface area contributed by atoms with E-state index in [1.165, 1.54) is 0 Å². The number of hydrogen-bond acceptors (Lipinski definition) is 4. The molecule has 4 aromatic carbocycles. The van der Waals surface area contributed by atoms with Crippen LogP contribution in [-0.2, 0) is 19.5 Å². The second kappa shape index (κ2) is 17.6. The molecule has 2 N–H and O–H groups in total. The van der Waals surface area contributed by atoms with E-state index >= 15 is 35.1 Å². The standard InChI is InChI=1S/C44H10F20N4O2.Zn/c45-21-17(22(46)30(54)37(61)29(21)53)13-7-1-2-8(65-7)14(18-23(47)31(55)38(62)32(56)24(18)48)10-4-6-12(67-10)16(20-27(51)35(59)40(64)36(60)28(20)52)42-44(70)43(69)41(68-42)15(11-5-3-9(13)66-11)19-25(49)33(57)39(63)34(58)26(19)50;/h1-6,43-44,69-70H;/q-2;+2/t43-,44+;. The minimum Gasteiger partial charge on any atom is -0.657 e. The van der Waals surface area contributed by atoms with Crippen molar-refractivity contribution in [3.63, 3.8) is 0 Å². The molecule has 6 nitrogen and oxygen atoms in total. The zero-order valence-electron chi connectivity index (χ0n) is 33.6. The monoisotopic (exact) mass is 1070 g/mol. The molecule has 0 aliphatic carbocycles. The SMILES string of the molecule is O[C@@H]1c2nc(c(-c3c(F)c(F)c(F)c(F)c3F)c3ccc([n-]3)c(-c3c(F)c(F)c(F)c(F)c3F)c3nc(c(-c4c(F)c(F)c(F)c(F)c4F)c4ccc([n-]4)c2-c2c(F)c(F)c(F)c(F)c2F)C=C3)[C@@H]1O.[Zn+2]. The first-order chi connectivity index (χ1) is 32.9. The molecular formula is C44H10F20N4O2Zn. The second-order valence-corrected chi connectivity index (χ2v) is 14.7. The average molecular weight is 1070 g/mol. The van der Waals surface area contributed by atoms with Crippen molar-refractivity contribution in [2.24, 2.45) is 0 Å². The zero-order valence-corrected chi connectivity index (χ0v) is 36.5. The third kappa shape index (κ3) is 7.20. The number of fused-ring (bicyclic) bond motifs is 8. The summed E-state index contributed by atoms with van der Waals surface area (Å²) < 4.78 is 304. The Hall–Kier alpha value is -7.12. The number of aliphatic hydroxyl groups excluding tert-OH is 2. The van der Waals surface area contributed by atoms with Gasteiger partial charge in [-0.1, -0.05) is 24.3 Å². The van der Waals surface area contributed by atoms with Gasteiger partial charge in [-0.15, -0.1) is 22.1 Å². The predicted octanol–water partition coefficient (Wildman–Crippen LogP) is 12.0. The second-order valence-electron chi connectivity index (χ2n) is 14.7. The van der Waals surface area contributed by atoms with Crippen molar-refractivity contribution < 1.29 is 117 Å². The van der Waals surface area contributed by atoms with Crippen molar-refractivity contribution >= 4 is 34.2 Å². The van der Waals surface area contributed by atoms with Gasteiger partial charge in [-0.3, -0.25) is 4.98 Å². The Morgan fingerprint density at radius 2 is 0.479 bits per heavy atom. The van der Waals surface area contributed by atoms with E-state index in [0.29, 0.717) is 36.4 Å². The topological polar surface area (TPSA) is 94.4 Å². The molecule has 5 heterocycles. The molecule has 9 rings (SSSR count). The molecule has 360 valence electrons. The Morgan fingerprint density at radius 3 is 0.718 bits per heavy atom. The fourth-order valence-corrected chi connectivity index (χ4v) is 7.74. The van der Waals surface area contributed by atoms with Gasteiger partial charge in [0.15, 0.2) is 93.1 Å². The molecule has 0 fully saturated rings. The maximum atomic E-state index is 15.9. The molecule has 0 unspecified atom stereocenters. The van der Waals surface area contributed by atoms with Gasteiger partial charge in [0.05, 0.1) is 45.0 Å². The number of halogens is 20. The molecule has 8 bridgehead atoms. The number of aliphatic hydroxyl groups is 2. The fourth-order valence-electron chi connectivity index (χ4n) is 7.74. The van der Waals surface area contributed by atoms with Crippen LogP contribution in [0.4, 0.5) is 87.8 Å². The Balaban J connectivity index is 0.00000676. The normalized spacial score (nSPS) is 14.5. The summed E-state index contributed by atoms with van der Waals surface area (Å²) in [4.78, 5) is 15.1. The summed E-state index contributed by atoms with van der Waals surface area (Å²) in [5, 5.41) is 22.9. The van der Waals surface area contributed by atoms with E-state index in [1.54, 1.807) is 0 Å². The molecule has 0 spiro atoms. The summed E-state index contributed by atoms with van der Waals surface area (Å²) in [6, 6.07) is 1.75. The predicted molar refractivity (Wildman–Crippen MR) is 199 cm³/mol. The first-order valence-electron chi connectivity index (χ1n) is 18.7. The maximum Gasteiger partial charge on any atom is 2.00 e. The van der Waals surface area contributed by atoms with Gasteiger partial charge in [0, 0.05) is 0 Å². The van der Waals surface area contributed by atoms with Gasteiger partial charge >= 0.3 is 19.5 Å². The van der Waals surface area contributed by atoms with Crippen molar-refractivity contribution in [3.8, 4) is 44.5 Å². The van der Waals surface area contributed by atoms with Crippen LogP contribution in [0.1, 0.15) is 35.0 Å². The summed E-state index contributed by atoms with van der Waals surface area (Å²) in [5.74, 6) is -55.0. The number of hydrogen-bond donors (Lipinski definition) is 2. The zero-order chi connectivity index (χ0) is 51.0. The maximum absolute atomic E-state index is 15.9. The summed E-state index contributed by atoms with van der Waals surface area (Å²) >= 11 is 0. The van der Waals surface area contributed by atoms with E-state index in [1.807, 2.05) is 0 Å². The molecule has 71 heavy (non-hydrogen) atoms. The molecule has 0 amide bonds. The van der Waals surface area contributed by atoms with Crippen LogP contribution in [0, 0.1) is 116 Å². The quantitative estimate of drug-likeness (QED) is 0.0789. The minimum atomic E-state index is -3.02. The van der Waals surface area contributed by atoms with E-state index in [-0.39, 0.29) is 19.5 Å². The molecule has 2 atom stereocenters. The molecule has 27 heteroatoms. The van der Waals surface area contributed by atoms with Crippen molar-refractivity contribution in [3.05, 3.63) is 163 Å². The third-order valence-corrected chi connectivity index (χ3v) is 10.9. The van der Waals surface area contributed by atoms with Crippen molar-refractivity contribution in [2.75, 3.05) is 0 Å². The first kappa shape index (κ1) is 50.3. The number of benzene rings is 4. The molecule has 0 saturated heterocycles. The van der Waals surface area contributed by atoms with Crippen LogP contribution >= 0.6 is 0 Å². The van der Waals surface area contributed by atoms with Gasteiger partial charge in [-0.2, -0.15) is 0 Å². The summed E-state index contributed by atoms with van der Waals surface area (Å²) in [6.45, 7) is 0. The van der Waals surface area contributed by atoms with Gasteiger partial charge in [0.1, 0.15) is 12.2 Å². The Bertz CT molecular complexity index is 3390. The van der Waals surface area contributed by atoms with Crippen LogP contribution in [-0.4, -0.2) is 20.2 Å². The van der Waals surface area contributed by atoms with Crippen LogP contribution < -0.4 is 9.97 Å². The summed E-state index contributed by atoms with van der Waals surface area (Å²) in [6.07, 6.45) is -5.02. The van der Waals surface area contributed by atoms with E-state index < -0.39 is 218 Å². The van der Waals surface area contributed by atoms with Crippen LogP contribution in [0.3, 0.4) is 0 Å². The molecule has 0 saturated carbocycles. The molecule has 7 aromatic rings. The van der Waals surface area contributed by atoms with E-state index in [4.69, 9.17) is 0 Å². The van der Waals surface area contributed by atoms with Gasteiger partial charge in [0.25, 0.3) is 0 Å². The summed E-state index contributed by atoms with van der Waals surface area (Å²) in [7, 11) is 0. The molecule has 2 aliphatic rings. The molecule has 2 aliphatic heterocycles. The van der Waals surface area contributed by atoms with Crippen LogP contribution in [0.5, 0.6) is 0 Å². The number of aromatic nitrogens is 4. The Morgan fingerprint density at radius 1 is 0.282 bits per heavy atom. The third-order valence-electron chi connectivity index (χ3n) is 10.9. The molecule has 0 radical (unpaired) electrons. The van der Waals surface area contributed by atoms with Crippen LogP contribution in [0.15, 0.2) is 24.3 Å². The smallest absolute Gasteiger partial charge is 0.657 e. The van der Waals surface area contributed by atoms with Crippen molar-refractivity contribution in [2.45, 2.75) is 12.2 Å². The minimum absolute atomic E-state index is 0. The van der Waals surface area contributed by atoms with Crippen LogP contribution in [0.2, 0.25) is 0 Å². The van der Waals surface area contributed by atoms with Gasteiger partial charge < -0.3 is 20.2 Å². The molecule has 3 aromatic heterocycles. The average Bonchev–Trinajstić information content (AvgIpc) is 4.18. The summed E-state index contributed by atoms with van der Waals surface area (Å²) in [5.41, 5.74) is -24.9. The first-order valence-corrected chi connectivity index (χ1v) is 18.7. The number of rotatable bonds is 4.